The molecule has 0 aromatic carbocycles. The zero-order chi connectivity index (χ0) is 10.8. The molecule has 16 heavy (non-hydrogen) atoms. The van der Waals surface area contributed by atoms with Gasteiger partial charge in [0.25, 0.3) is 0 Å². The molecule has 90 valence electrons. The quantitative estimate of drug-likeness (QED) is 0.744. The van der Waals surface area contributed by atoms with Crippen molar-refractivity contribution in [3.63, 3.8) is 0 Å². The molecule has 0 radical (unpaired) electrons. The van der Waals surface area contributed by atoms with Crippen LogP contribution in [0.1, 0.15) is 51.9 Å². The lowest BCUT2D eigenvalue weighted by molar-refractivity contribution is 0.132. The van der Waals surface area contributed by atoms with Gasteiger partial charge in [-0.25, -0.2) is 0 Å². The maximum absolute atomic E-state index is 3.83. The fraction of sp³-hybridized carbons (Fsp3) is 1.00. The minimum atomic E-state index is 0.492. The standard InChI is InChI=1S/C14H24N2/c1-13-3-2-12(16-13)4-10(5-13)6-14-7-11(8-14)9-15-14/h10-12,15-16H,2-9H2,1H3. The maximum atomic E-state index is 3.83. The lowest BCUT2D eigenvalue weighted by Crippen LogP contribution is -2.51. The highest BCUT2D eigenvalue weighted by Gasteiger charge is 2.52. The summed E-state index contributed by atoms with van der Waals surface area (Å²) < 4.78 is 0. The van der Waals surface area contributed by atoms with Crippen molar-refractivity contribution in [3.05, 3.63) is 0 Å². The molecule has 1 aliphatic carbocycles. The molecule has 2 N–H and O–H groups in total. The maximum Gasteiger partial charge on any atom is 0.0190 e. The molecule has 1 saturated carbocycles. The van der Waals surface area contributed by atoms with Gasteiger partial charge >= 0.3 is 0 Å². The molecule has 5 fully saturated rings. The zero-order valence-corrected chi connectivity index (χ0v) is 10.4. The normalized spacial score (nSPS) is 58.7. The van der Waals surface area contributed by atoms with Crippen molar-refractivity contribution in [2.75, 3.05) is 6.54 Å². The molecule has 4 heterocycles. The van der Waals surface area contributed by atoms with Gasteiger partial charge in [0, 0.05) is 17.1 Å². The van der Waals surface area contributed by atoms with E-state index in [1.54, 1.807) is 0 Å². The minimum absolute atomic E-state index is 0.492. The Hall–Kier alpha value is -0.0800. The Balaban J connectivity index is 1.45. The average molecular weight is 220 g/mol. The van der Waals surface area contributed by atoms with Gasteiger partial charge in [0.05, 0.1) is 0 Å². The summed E-state index contributed by atoms with van der Waals surface area (Å²) in [6.45, 7) is 3.76. The van der Waals surface area contributed by atoms with Crippen LogP contribution in [0.4, 0.5) is 0 Å². The Morgan fingerprint density at radius 3 is 2.81 bits per heavy atom. The third kappa shape index (κ3) is 1.39. The first kappa shape index (κ1) is 9.90. The van der Waals surface area contributed by atoms with Crippen LogP contribution in [0.2, 0.25) is 0 Å². The van der Waals surface area contributed by atoms with Crippen LogP contribution in [0.3, 0.4) is 0 Å². The molecule has 0 aromatic rings. The molecule has 2 heteroatoms. The molecule has 4 aliphatic heterocycles. The van der Waals surface area contributed by atoms with Crippen molar-refractivity contribution in [2.45, 2.75) is 69.0 Å². The van der Waals surface area contributed by atoms with E-state index in [0.29, 0.717) is 11.1 Å². The lowest BCUT2D eigenvalue weighted by atomic mass is 9.67. The summed E-state index contributed by atoms with van der Waals surface area (Å²) in [6, 6.07) is 0.845. The first-order valence-electron chi connectivity index (χ1n) is 7.18. The summed E-state index contributed by atoms with van der Waals surface area (Å²) in [7, 11) is 0. The third-order valence-electron chi connectivity index (χ3n) is 5.76. The van der Waals surface area contributed by atoms with Gasteiger partial charge in [-0.15, -0.1) is 0 Å². The topological polar surface area (TPSA) is 24.1 Å². The monoisotopic (exact) mass is 220 g/mol. The van der Waals surface area contributed by atoms with Crippen LogP contribution in [0.5, 0.6) is 0 Å². The summed E-state index contributed by atoms with van der Waals surface area (Å²) in [6.07, 6.45) is 10.2. The summed E-state index contributed by atoms with van der Waals surface area (Å²) >= 11 is 0. The number of hydrogen-bond donors (Lipinski definition) is 2. The lowest BCUT2D eigenvalue weighted by Gasteiger charge is -2.44. The van der Waals surface area contributed by atoms with Crippen molar-refractivity contribution in [3.8, 4) is 0 Å². The van der Waals surface area contributed by atoms with Crippen LogP contribution < -0.4 is 10.6 Å². The van der Waals surface area contributed by atoms with Crippen molar-refractivity contribution in [1.82, 2.24) is 10.6 Å². The van der Waals surface area contributed by atoms with Crippen molar-refractivity contribution >= 4 is 0 Å². The van der Waals surface area contributed by atoms with E-state index >= 15 is 0 Å². The molecule has 3 unspecified atom stereocenters. The van der Waals surface area contributed by atoms with Crippen LogP contribution in [0.15, 0.2) is 0 Å². The Morgan fingerprint density at radius 2 is 2.12 bits per heavy atom. The highest BCUT2D eigenvalue weighted by molar-refractivity contribution is 5.11. The summed E-state index contributed by atoms with van der Waals surface area (Å²) in [5.41, 5.74) is 1.09. The minimum Gasteiger partial charge on any atom is -0.311 e. The Kier molecular flexibility index (Phi) is 1.87. The predicted octanol–water partition coefficient (Wildman–Crippen LogP) is 2.05. The number of hydrogen-bond acceptors (Lipinski definition) is 2. The van der Waals surface area contributed by atoms with Crippen LogP contribution in [-0.2, 0) is 0 Å². The van der Waals surface area contributed by atoms with E-state index < -0.39 is 0 Å². The first-order chi connectivity index (χ1) is 7.65. The van der Waals surface area contributed by atoms with Gasteiger partial charge in [0.15, 0.2) is 0 Å². The Bertz CT molecular complexity index is 302. The van der Waals surface area contributed by atoms with Crippen LogP contribution >= 0.6 is 0 Å². The molecule has 0 amide bonds. The highest BCUT2D eigenvalue weighted by Crippen LogP contribution is 2.50. The van der Waals surface area contributed by atoms with E-state index in [1.165, 1.54) is 51.5 Å². The van der Waals surface area contributed by atoms with Gasteiger partial charge in [-0.2, -0.15) is 0 Å². The van der Waals surface area contributed by atoms with Gasteiger partial charge in [-0.3, -0.25) is 0 Å². The summed E-state index contributed by atoms with van der Waals surface area (Å²) in [5, 5.41) is 7.62. The Morgan fingerprint density at radius 1 is 1.25 bits per heavy atom. The number of fused-ring (bicyclic) bond motifs is 3. The fourth-order valence-electron chi connectivity index (χ4n) is 5.23. The van der Waals surface area contributed by atoms with E-state index in [2.05, 4.69) is 17.6 Å². The second-order valence-electron chi connectivity index (χ2n) is 7.39. The molecule has 5 rings (SSSR count). The number of nitrogens with one attached hydrogen (secondary N) is 2. The molecule has 0 aromatic heterocycles. The van der Waals surface area contributed by atoms with Gasteiger partial charge in [-0.05, 0) is 70.3 Å². The highest BCUT2D eigenvalue weighted by atomic mass is 15.1. The van der Waals surface area contributed by atoms with E-state index in [0.717, 1.165) is 17.9 Å². The second-order valence-corrected chi connectivity index (χ2v) is 7.39. The number of piperidine rings is 1. The predicted molar refractivity (Wildman–Crippen MR) is 65.4 cm³/mol. The van der Waals surface area contributed by atoms with Gasteiger partial charge in [0.2, 0.25) is 0 Å². The molecule has 4 saturated heterocycles. The fourth-order valence-corrected chi connectivity index (χ4v) is 5.23. The molecule has 5 aliphatic rings. The van der Waals surface area contributed by atoms with E-state index in [1.807, 2.05) is 0 Å². The molecule has 0 spiro atoms. The van der Waals surface area contributed by atoms with Crippen molar-refractivity contribution < 1.29 is 0 Å². The van der Waals surface area contributed by atoms with E-state index in [4.69, 9.17) is 0 Å². The first-order valence-corrected chi connectivity index (χ1v) is 7.18. The third-order valence-corrected chi connectivity index (χ3v) is 5.76. The SMILES string of the molecule is CC12CCC(CC(CC34CC(CN3)C4)C1)N2. The Labute approximate surface area is 98.6 Å². The molecular weight excluding hydrogens is 196 g/mol. The second kappa shape index (κ2) is 3.02. The van der Waals surface area contributed by atoms with Gasteiger partial charge < -0.3 is 10.6 Å². The van der Waals surface area contributed by atoms with Gasteiger partial charge in [-0.1, -0.05) is 0 Å². The average Bonchev–Trinajstić information content (AvgIpc) is 2.78. The van der Waals surface area contributed by atoms with Crippen molar-refractivity contribution in [1.29, 1.82) is 0 Å². The molecular formula is C14H24N2. The van der Waals surface area contributed by atoms with Crippen LogP contribution in [0.25, 0.3) is 0 Å². The zero-order valence-electron chi connectivity index (χ0n) is 10.4. The van der Waals surface area contributed by atoms with E-state index in [9.17, 15) is 0 Å². The largest absolute Gasteiger partial charge is 0.311 e. The van der Waals surface area contributed by atoms with Crippen molar-refractivity contribution in [2.24, 2.45) is 11.8 Å². The summed E-state index contributed by atoms with van der Waals surface area (Å²) in [4.78, 5) is 0. The van der Waals surface area contributed by atoms with Gasteiger partial charge in [0.1, 0.15) is 0 Å². The smallest absolute Gasteiger partial charge is 0.0190 e. The molecule has 3 atom stereocenters. The molecule has 4 bridgehead atoms. The van der Waals surface area contributed by atoms with E-state index in [-0.39, 0.29) is 0 Å². The van der Waals surface area contributed by atoms with Crippen LogP contribution in [0, 0.1) is 11.8 Å². The summed E-state index contributed by atoms with van der Waals surface area (Å²) in [5.74, 6) is 2.03. The van der Waals surface area contributed by atoms with Crippen LogP contribution in [-0.4, -0.2) is 23.7 Å². The molecule has 2 nitrogen and oxygen atoms in total. The number of rotatable bonds is 2.